The molecule has 0 saturated heterocycles. The van der Waals surface area contributed by atoms with Crippen LogP contribution < -0.4 is 15.4 Å². The van der Waals surface area contributed by atoms with E-state index in [-0.39, 0.29) is 4.90 Å². The van der Waals surface area contributed by atoms with Crippen LogP contribution in [0.1, 0.15) is 25.7 Å². The van der Waals surface area contributed by atoms with Gasteiger partial charge in [0.1, 0.15) is 5.82 Å². The van der Waals surface area contributed by atoms with Crippen LogP contribution in [-0.4, -0.2) is 48.7 Å². The maximum absolute atomic E-state index is 12.6. The van der Waals surface area contributed by atoms with Crippen molar-refractivity contribution >= 4 is 67.6 Å². The smallest absolute Gasteiger partial charge is 0.475 e. The number of carboxylic acids is 1. The van der Waals surface area contributed by atoms with E-state index >= 15 is 0 Å². The van der Waals surface area contributed by atoms with Gasteiger partial charge in [-0.15, -0.1) is 0 Å². The molecule has 1 aliphatic carbocycles. The zero-order valence-corrected chi connectivity index (χ0v) is 26.0. The number of hydrogen-bond donors (Lipinski definition) is 4. The number of fused-ring (bicyclic) bond motifs is 1. The predicted molar refractivity (Wildman–Crippen MR) is 169 cm³/mol. The van der Waals surface area contributed by atoms with E-state index in [1.54, 1.807) is 12.1 Å². The first-order valence-electron chi connectivity index (χ1n) is 13.9. The van der Waals surface area contributed by atoms with Gasteiger partial charge in [-0.25, -0.2) is 22.9 Å². The molecule has 1 heterocycles. The van der Waals surface area contributed by atoms with Crippen molar-refractivity contribution in [3.05, 3.63) is 82.8 Å². The molecule has 0 atom stereocenters. The minimum Gasteiger partial charge on any atom is -0.475 e. The fourth-order valence-electron chi connectivity index (χ4n) is 4.72. The summed E-state index contributed by atoms with van der Waals surface area (Å²) in [7, 11) is -3.53. The number of alkyl halides is 3. The number of para-hydroxylation sites is 1. The number of sulfonamides is 1. The molecule has 4 N–H and O–H groups in total. The summed E-state index contributed by atoms with van der Waals surface area (Å²) in [4.78, 5) is 18.6. The summed E-state index contributed by atoms with van der Waals surface area (Å²) in [5.74, 6) is -0.648. The minimum absolute atomic E-state index is 0.236. The Morgan fingerprint density at radius 2 is 1.38 bits per heavy atom. The quantitative estimate of drug-likeness (QED) is 0.142. The molecule has 0 unspecified atom stereocenters. The minimum atomic E-state index is -5.08. The highest BCUT2D eigenvalue weighted by atomic mass is 35.5. The molecule has 240 valence electrons. The van der Waals surface area contributed by atoms with E-state index in [0.717, 1.165) is 54.6 Å². The fourth-order valence-corrected chi connectivity index (χ4v) is 6.09. The predicted octanol–water partition coefficient (Wildman–Crippen LogP) is 7.51. The monoisotopic (exact) mass is 683 g/mol. The highest BCUT2D eigenvalue weighted by Gasteiger charge is 2.38. The zero-order chi connectivity index (χ0) is 32.6. The Balaban J connectivity index is 0.000000591. The molecule has 1 fully saturated rings. The van der Waals surface area contributed by atoms with Crippen LogP contribution in [0.3, 0.4) is 0 Å². The van der Waals surface area contributed by atoms with Crippen molar-refractivity contribution in [3.8, 4) is 0 Å². The first kappa shape index (κ1) is 34.2. The van der Waals surface area contributed by atoms with Gasteiger partial charge in [-0.05, 0) is 98.2 Å². The van der Waals surface area contributed by atoms with Crippen LogP contribution in [0.25, 0.3) is 10.9 Å². The maximum atomic E-state index is 12.6. The maximum Gasteiger partial charge on any atom is 0.490 e. The van der Waals surface area contributed by atoms with Crippen molar-refractivity contribution in [2.24, 2.45) is 11.8 Å². The molecular weight excluding hydrogens is 654 g/mol. The largest absolute Gasteiger partial charge is 0.490 e. The van der Waals surface area contributed by atoms with Crippen LogP contribution in [0.2, 0.25) is 10.0 Å². The molecule has 0 spiro atoms. The van der Waals surface area contributed by atoms with E-state index in [4.69, 9.17) is 43.1 Å². The molecule has 0 aliphatic heterocycles. The average molecular weight is 685 g/mol. The van der Waals surface area contributed by atoms with E-state index in [1.807, 2.05) is 48.5 Å². The molecule has 45 heavy (non-hydrogen) atoms. The lowest BCUT2D eigenvalue weighted by Gasteiger charge is -2.28. The molecular formula is C30H30Cl2F3N5O4S. The third kappa shape index (κ3) is 10.2. The Morgan fingerprint density at radius 3 is 1.96 bits per heavy atom. The van der Waals surface area contributed by atoms with E-state index in [1.165, 1.54) is 12.1 Å². The Hall–Kier alpha value is -3.65. The van der Waals surface area contributed by atoms with E-state index < -0.39 is 22.2 Å². The van der Waals surface area contributed by atoms with E-state index in [2.05, 4.69) is 15.4 Å². The number of nitrogens with one attached hydrogen (secondary N) is 3. The van der Waals surface area contributed by atoms with Crippen LogP contribution in [0.4, 0.5) is 30.6 Å². The summed E-state index contributed by atoms with van der Waals surface area (Å²) in [6, 6.07) is 21.7. The number of anilines is 3. The van der Waals surface area contributed by atoms with Gasteiger partial charge >= 0.3 is 12.1 Å². The summed E-state index contributed by atoms with van der Waals surface area (Å²) in [6.07, 6.45) is -1.11. The zero-order valence-electron chi connectivity index (χ0n) is 23.7. The Kier molecular flexibility index (Phi) is 11.5. The fraction of sp³-hybridized carbons (Fsp3) is 0.300. The molecule has 3 aromatic carbocycles. The molecule has 0 radical (unpaired) electrons. The van der Waals surface area contributed by atoms with Crippen molar-refractivity contribution in [1.82, 2.24) is 14.7 Å². The summed E-state index contributed by atoms with van der Waals surface area (Å²) in [5.41, 5.74) is 1.76. The highest BCUT2D eigenvalue weighted by molar-refractivity contribution is 7.89. The van der Waals surface area contributed by atoms with Crippen LogP contribution in [-0.2, 0) is 14.8 Å². The van der Waals surface area contributed by atoms with Gasteiger partial charge in [0.2, 0.25) is 16.0 Å². The number of carboxylic acid groups (broad SMARTS) is 1. The Bertz CT molecular complexity index is 1700. The molecule has 1 saturated carbocycles. The van der Waals surface area contributed by atoms with Gasteiger partial charge in [0, 0.05) is 34.2 Å². The number of halogens is 5. The lowest BCUT2D eigenvalue weighted by Crippen LogP contribution is -2.32. The van der Waals surface area contributed by atoms with Crippen molar-refractivity contribution in [2.45, 2.75) is 36.8 Å². The number of nitrogens with zero attached hydrogens (tertiary/aromatic N) is 2. The number of carbonyl (C=O) groups is 1. The lowest BCUT2D eigenvalue weighted by molar-refractivity contribution is -0.192. The van der Waals surface area contributed by atoms with Gasteiger partial charge in [0.05, 0.1) is 10.4 Å². The molecule has 0 amide bonds. The van der Waals surface area contributed by atoms with Crippen LogP contribution in [0.5, 0.6) is 0 Å². The molecule has 5 rings (SSSR count). The SMILES string of the molecule is O=C(O)C(F)(F)F.O=S(=O)(NCC1CCC(CNc2nc(Nc3ccc(Cl)cc3)c3ccccc3n2)CC1)c1ccc(Cl)cc1. The molecule has 15 heteroatoms. The van der Waals surface area contributed by atoms with Gasteiger partial charge in [0.25, 0.3) is 0 Å². The van der Waals surface area contributed by atoms with Gasteiger partial charge < -0.3 is 15.7 Å². The normalized spacial score (nSPS) is 16.8. The Morgan fingerprint density at radius 1 is 0.844 bits per heavy atom. The molecule has 0 bridgehead atoms. The number of benzene rings is 3. The molecule has 4 aromatic rings. The van der Waals surface area contributed by atoms with Crippen LogP contribution in [0.15, 0.2) is 77.7 Å². The average Bonchev–Trinajstić information content (AvgIpc) is 3.01. The third-order valence-corrected chi connectivity index (χ3v) is 9.10. The molecule has 1 aromatic heterocycles. The number of aromatic nitrogens is 2. The summed E-state index contributed by atoms with van der Waals surface area (Å²) in [5, 5.41) is 16.1. The third-order valence-electron chi connectivity index (χ3n) is 7.15. The first-order valence-corrected chi connectivity index (χ1v) is 16.1. The Labute approximate surface area is 268 Å². The number of rotatable bonds is 9. The summed E-state index contributed by atoms with van der Waals surface area (Å²) >= 11 is 11.9. The number of hydrogen-bond acceptors (Lipinski definition) is 7. The number of aliphatic carboxylic acids is 1. The first-order chi connectivity index (χ1) is 21.3. The van der Waals surface area contributed by atoms with E-state index in [0.29, 0.717) is 34.4 Å². The van der Waals surface area contributed by atoms with Gasteiger partial charge in [-0.2, -0.15) is 18.2 Å². The van der Waals surface area contributed by atoms with Crippen LogP contribution in [0, 0.1) is 11.8 Å². The van der Waals surface area contributed by atoms with Crippen molar-refractivity contribution in [1.29, 1.82) is 0 Å². The molecule has 1 aliphatic rings. The van der Waals surface area contributed by atoms with Crippen molar-refractivity contribution < 1.29 is 31.5 Å². The molecule has 9 nitrogen and oxygen atoms in total. The van der Waals surface area contributed by atoms with Crippen LogP contribution >= 0.6 is 23.2 Å². The van der Waals surface area contributed by atoms with Gasteiger partial charge in [0.15, 0.2) is 0 Å². The lowest BCUT2D eigenvalue weighted by atomic mass is 9.82. The van der Waals surface area contributed by atoms with E-state index in [9.17, 15) is 21.6 Å². The highest BCUT2D eigenvalue weighted by Crippen LogP contribution is 2.30. The standard InChI is InChI=1S/C28H29Cl2N5O2S.C2HF3O2/c29-21-9-13-23(14-10-21)33-27-25-3-1-2-4-26(25)34-28(35-27)31-17-19-5-7-20(8-6-19)18-32-38(36,37)24-15-11-22(30)12-16-24;3-2(4,5)1(6)7/h1-4,9-16,19-20,32H,5-8,17-18H2,(H2,31,33,34,35);(H,6,7). The second-order valence-electron chi connectivity index (χ2n) is 10.4. The summed E-state index contributed by atoms with van der Waals surface area (Å²) < 4.78 is 59.6. The van der Waals surface area contributed by atoms with Crippen molar-refractivity contribution in [3.63, 3.8) is 0 Å². The second-order valence-corrected chi connectivity index (χ2v) is 13.1. The topological polar surface area (TPSA) is 133 Å². The van der Waals surface area contributed by atoms with Crippen molar-refractivity contribution in [2.75, 3.05) is 23.7 Å². The second kappa shape index (κ2) is 15.1. The van der Waals surface area contributed by atoms with Gasteiger partial charge in [-0.1, -0.05) is 35.3 Å². The summed E-state index contributed by atoms with van der Waals surface area (Å²) in [6.45, 7) is 1.21. The van der Waals surface area contributed by atoms with Gasteiger partial charge in [-0.3, -0.25) is 0 Å².